The van der Waals surface area contributed by atoms with Crippen molar-refractivity contribution < 1.29 is 14.0 Å². The van der Waals surface area contributed by atoms with Crippen molar-refractivity contribution in [2.24, 2.45) is 0 Å². The minimum absolute atomic E-state index is 0.282. The summed E-state index contributed by atoms with van der Waals surface area (Å²) in [6.45, 7) is 0. The minimum Gasteiger partial charge on any atom is -0.326 e. The Morgan fingerprint density at radius 1 is 1.19 bits per heavy atom. The fourth-order valence-corrected chi connectivity index (χ4v) is 1.62. The van der Waals surface area contributed by atoms with Crippen LogP contribution in [0.1, 0.15) is 12.0 Å². The van der Waals surface area contributed by atoms with Crippen LogP contribution in [0.25, 0.3) is 0 Å². The molecule has 4 nitrogen and oxygen atoms in total. The van der Waals surface area contributed by atoms with E-state index in [4.69, 9.17) is 0 Å². The number of amides is 3. The summed E-state index contributed by atoms with van der Waals surface area (Å²) < 4.78 is 12.6. The number of carbonyl (C=O) groups is 2. The SMILES string of the molecule is O=C1NC(=O)C(CCc2ccc(F)cc2)N1. The Bertz CT molecular complexity index is 416. The van der Waals surface area contributed by atoms with Gasteiger partial charge in [-0.15, -0.1) is 0 Å². The first-order chi connectivity index (χ1) is 7.65. The van der Waals surface area contributed by atoms with Crippen LogP contribution in [0.5, 0.6) is 0 Å². The summed E-state index contributed by atoms with van der Waals surface area (Å²) >= 11 is 0. The van der Waals surface area contributed by atoms with Gasteiger partial charge < -0.3 is 5.32 Å². The first kappa shape index (κ1) is 10.6. The van der Waals surface area contributed by atoms with Crippen molar-refractivity contribution in [2.75, 3.05) is 0 Å². The molecule has 0 radical (unpaired) electrons. The summed E-state index contributed by atoms with van der Waals surface area (Å²) in [6.07, 6.45) is 1.14. The van der Waals surface area contributed by atoms with Gasteiger partial charge in [0.2, 0.25) is 0 Å². The van der Waals surface area contributed by atoms with Crippen molar-refractivity contribution in [2.45, 2.75) is 18.9 Å². The Morgan fingerprint density at radius 2 is 1.88 bits per heavy atom. The lowest BCUT2D eigenvalue weighted by atomic mass is 10.1. The van der Waals surface area contributed by atoms with Gasteiger partial charge in [-0.2, -0.15) is 0 Å². The molecule has 16 heavy (non-hydrogen) atoms. The number of rotatable bonds is 3. The molecule has 2 N–H and O–H groups in total. The number of nitrogens with one attached hydrogen (secondary N) is 2. The number of imide groups is 1. The second-order valence-electron chi connectivity index (χ2n) is 3.68. The Kier molecular flexibility index (Phi) is 2.85. The smallest absolute Gasteiger partial charge is 0.322 e. The van der Waals surface area contributed by atoms with Crippen molar-refractivity contribution >= 4 is 11.9 Å². The molecule has 5 heteroatoms. The van der Waals surface area contributed by atoms with Crippen LogP contribution in [0, 0.1) is 5.82 Å². The molecule has 2 rings (SSSR count). The number of aryl methyl sites for hydroxylation is 1. The number of hydrogen-bond acceptors (Lipinski definition) is 2. The van der Waals surface area contributed by atoms with E-state index in [-0.39, 0.29) is 11.7 Å². The Morgan fingerprint density at radius 3 is 2.44 bits per heavy atom. The normalized spacial score (nSPS) is 19.4. The summed E-state index contributed by atoms with van der Waals surface area (Å²) in [6, 6.07) is 5.17. The molecule has 3 amide bonds. The maximum Gasteiger partial charge on any atom is 0.322 e. The molecule has 1 saturated heterocycles. The molecule has 0 aliphatic carbocycles. The monoisotopic (exact) mass is 222 g/mol. The maximum absolute atomic E-state index is 12.6. The molecule has 1 fully saturated rings. The van der Waals surface area contributed by atoms with Crippen LogP contribution >= 0.6 is 0 Å². The Balaban J connectivity index is 1.90. The molecule has 1 aliphatic heterocycles. The molecule has 1 aromatic rings. The Hall–Kier alpha value is -1.91. The van der Waals surface area contributed by atoms with Crippen LogP contribution in [0.2, 0.25) is 0 Å². The van der Waals surface area contributed by atoms with E-state index in [1.807, 2.05) is 0 Å². The largest absolute Gasteiger partial charge is 0.326 e. The van der Waals surface area contributed by atoms with Crippen molar-refractivity contribution in [3.8, 4) is 0 Å². The van der Waals surface area contributed by atoms with Crippen LogP contribution in [0.15, 0.2) is 24.3 Å². The van der Waals surface area contributed by atoms with E-state index in [1.54, 1.807) is 12.1 Å². The highest BCUT2D eigenvalue weighted by Crippen LogP contribution is 2.08. The van der Waals surface area contributed by atoms with Crippen molar-refractivity contribution in [3.63, 3.8) is 0 Å². The lowest BCUT2D eigenvalue weighted by molar-refractivity contribution is -0.120. The quantitative estimate of drug-likeness (QED) is 0.748. The van der Waals surface area contributed by atoms with Gasteiger partial charge >= 0.3 is 6.03 Å². The van der Waals surface area contributed by atoms with Gasteiger partial charge in [0.1, 0.15) is 11.9 Å². The fourth-order valence-electron chi connectivity index (χ4n) is 1.62. The van der Waals surface area contributed by atoms with Gasteiger partial charge in [-0.05, 0) is 30.5 Å². The molecule has 1 unspecified atom stereocenters. The topological polar surface area (TPSA) is 58.2 Å². The lowest BCUT2D eigenvalue weighted by Gasteiger charge is -2.06. The van der Waals surface area contributed by atoms with Gasteiger partial charge in [0.15, 0.2) is 0 Å². The van der Waals surface area contributed by atoms with E-state index in [0.29, 0.717) is 12.8 Å². The van der Waals surface area contributed by atoms with E-state index in [0.717, 1.165) is 5.56 Å². The van der Waals surface area contributed by atoms with Crippen LogP contribution in [0.3, 0.4) is 0 Å². The summed E-state index contributed by atoms with van der Waals surface area (Å²) in [5.41, 5.74) is 0.940. The number of carbonyl (C=O) groups excluding carboxylic acids is 2. The highest BCUT2D eigenvalue weighted by Gasteiger charge is 2.28. The summed E-state index contributed by atoms with van der Waals surface area (Å²) in [5.74, 6) is -0.581. The van der Waals surface area contributed by atoms with E-state index >= 15 is 0 Å². The average Bonchev–Trinajstić information content (AvgIpc) is 2.57. The molecule has 0 spiro atoms. The molecule has 0 saturated carbocycles. The Labute approximate surface area is 91.8 Å². The van der Waals surface area contributed by atoms with Gasteiger partial charge in [0, 0.05) is 0 Å². The minimum atomic E-state index is -0.474. The molecule has 1 aliphatic rings. The van der Waals surface area contributed by atoms with Gasteiger partial charge in [0.25, 0.3) is 5.91 Å². The van der Waals surface area contributed by atoms with Gasteiger partial charge in [0.05, 0.1) is 0 Å². The maximum atomic E-state index is 12.6. The average molecular weight is 222 g/mol. The number of hydrogen-bond donors (Lipinski definition) is 2. The second kappa shape index (κ2) is 4.30. The lowest BCUT2D eigenvalue weighted by Crippen LogP contribution is -2.29. The first-order valence-corrected chi connectivity index (χ1v) is 5.01. The zero-order chi connectivity index (χ0) is 11.5. The summed E-state index contributed by atoms with van der Waals surface area (Å²) in [4.78, 5) is 22.0. The molecular weight excluding hydrogens is 211 g/mol. The van der Waals surface area contributed by atoms with E-state index < -0.39 is 12.1 Å². The molecule has 1 aromatic carbocycles. The molecule has 84 valence electrons. The zero-order valence-corrected chi connectivity index (χ0v) is 8.50. The summed E-state index contributed by atoms with van der Waals surface area (Å²) in [7, 11) is 0. The molecule has 0 aromatic heterocycles. The van der Waals surface area contributed by atoms with Crippen LogP contribution < -0.4 is 10.6 Å². The highest BCUT2D eigenvalue weighted by atomic mass is 19.1. The number of benzene rings is 1. The third-order valence-electron chi connectivity index (χ3n) is 2.49. The van der Waals surface area contributed by atoms with Crippen LogP contribution in [-0.2, 0) is 11.2 Å². The van der Waals surface area contributed by atoms with Crippen molar-refractivity contribution in [3.05, 3.63) is 35.6 Å². The van der Waals surface area contributed by atoms with Crippen LogP contribution in [0.4, 0.5) is 9.18 Å². The summed E-state index contributed by atoms with van der Waals surface area (Å²) in [5, 5.41) is 4.67. The predicted molar refractivity (Wildman–Crippen MR) is 55.2 cm³/mol. The van der Waals surface area contributed by atoms with Crippen molar-refractivity contribution in [1.29, 1.82) is 0 Å². The van der Waals surface area contributed by atoms with Crippen molar-refractivity contribution in [1.82, 2.24) is 10.6 Å². The third-order valence-corrected chi connectivity index (χ3v) is 2.49. The molecular formula is C11H11FN2O2. The van der Waals surface area contributed by atoms with Crippen LogP contribution in [-0.4, -0.2) is 18.0 Å². The standard InChI is InChI=1S/C11H11FN2O2/c12-8-4-1-7(2-5-8)3-6-9-10(15)14-11(16)13-9/h1-2,4-5,9H,3,6H2,(H2,13,14,15,16). The van der Waals surface area contributed by atoms with Gasteiger partial charge in [-0.3, -0.25) is 10.1 Å². The molecule has 0 bridgehead atoms. The second-order valence-corrected chi connectivity index (χ2v) is 3.68. The van der Waals surface area contributed by atoms with Gasteiger partial charge in [-0.1, -0.05) is 12.1 Å². The van der Waals surface area contributed by atoms with Gasteiger partial charge in [-0.25, -0.2) is 9.18 Å². The first-order valence-electron chi connectivity index (χ1n) is 5.01. The number of urea groups is 1. The molecule has 1 atom stereocenters. The molecule has 1 heterocycles. The zero-order valence-electron chi connectivity index (χ0n) is 8.50. The van der Waals surface area contributed by atoms with E-state index in [9.17, 15) is 14.0 Å². The fraction of sp³-hybridized carbons (Fsp3) is 0.273. The number of halogens is 1. The van der Waals surface area contributed by atoms with E-state index in [2.05, 4.69) is 10.6 Å². The third kappa shape index (κ3) is 2.36. The highest BCUT2D eigenvalue weighted by molar-refractivity contribution is 6.04. The predicted octanol–water partition coefficient (Wildman–Crippen LogP) is 0.966. The van der Waals surface area contributed by atoms with E-state index in [1.165, 1.54) is 12.1 Å².